The largest absolute Gasteiger partial charge is 0.376 e. The molecule has 2 N–H and O–H groups in total. The van der Waals surface area contributed by atoms with Crippen molar-refractivity contribution in [2.75, 3.05) is 17.2 Å². The third-order valence-corrected chi connectivity index (χ3v) is 4.63. The summed E-state index contributed by atoms with van der Waals surface area (Å²) >= 11 is 0. The lowest BCUT2D eigenvalue weighted by Gasteiger charge is -2.11. The molecular weight excluding hydrogens is 340 g/mol. The first kappa shape index (κ1) is 17.2. The first-order valence-electron chi connectivity index (χ1n) is 9.24. The van der Waals surface area contributed by atoms with Gasteiger partial charge in [0.25, 0.3) is 0 Å². The van der Waals surface area contributed by atoms with Crippen LogP contribution in [0.1, 0.15) is 31.4 Å². The summed E-state index contributed by atoms with van der Waals surface area (Å²) in [6.07, 6.45) is 3.12. The van der Waals surface area contributed by atoms with Crippen LogP contribution in [0.4, 0.5) is 11.4 Å². The minimum absolute atomic E-state index is 0.0795. The number of benzene rings is 2. The average Bonchev–Trinajstić information content (AvgIpc) is 3.43. The average molecular weight is 362 g/mol. The molecule has 1 fully saturated rings. The van der Waals surface area contributed by atoms with Crippen LogP contribution < -0.4 is 10.6 Å². The summed E-state index contributed by atoms with van der Waals surface area (Å²) in [4.78, 5) is 12.3. The third kappa shape index (κ3) is 3.97. The van der Waals surface area contributed by atoms with E-state index in [4.69, 9.17) is 0 Å². The lowest BCUT2D eigenvalue weighted by molar-refractivity contribution is -0.114. The van der Waals surface area contributed by atoms with Crippen molar-refractivity contribution in [3.63, 3.8) is 0 Å². The quantitative estimate of drug-likeness (QED) is 0.674. The van der Waals surface area contributed by atoms with Crippen molar-refractivity contribution in [2.24, 2.45) is 0 Å². The van der Waals surface area contributed by atoms with Gasteiger partial charge in [-0.05, 0) is 53.5 Å². The Morgan fingerprint density at radius 2 is 2.04 bits per heavy atom. The van der Waals surface area contributed by atoms with Crippen molar-refractivity contribution in [1.82, 2.24) is 20.2 Å². The molecule has 1 saturated carbocycles. The Bertz CT molecular complexity index is 947. The number of carbonyl (C=O) groups excluding carboxylic acids is 1. The Morgan fingerprint density at radius 3 is 2.85 bits per heavy atom. The molecule has 27 heavy (non-hydrogen) atoms. The fraction of sp³-hybridized carbons (Fsp3) is 0.300. The molecule has 0 bridgehead atoms. The molecular formula is C20H22N6O. The van der Waals surface area contributed by atoms with Crippen LogP contribution >= 0.6 is 0 Å². The standard InChI is InChI=1S/C20H22N6O/c1-2-14-6-3-4-9-18(14)22-19(27)13-21-16-8-5-7-15(12-16)20-23-24-25-26(20)17-10-11-17/h3-9,12,17,21H,2,10-11,13H2,1H3,(H,22,27). The first-order chi connectivity index (χ1) is 13.2. The SMILES string of the molecule is CCc1ccccc1NC(=O)CNc1cccc(-c2nnnn2C2CC2)c1. The molecule has 0 unspecified atom stereocenters. The van der Waals surface area contributed by atoms with Gasteiger partial charge in [-0.1, -0.05) is 37.3 Å². The Labute approximate surface area is 157 Å². The molecule has 0 aliphatic heterocycles. The van der Waals surface area contributed by atoms with E-state index in [1.54, 1.807) is 0 Å². The number of nitrogens with zero attached hydrogens (tertiary/aromatic N) is 4. The smallest absolute Gasteiger partial charge is 0.243 e. The van der Waals surface area contributed by atoms with Crippen LogP contribution in [0.2, 0.25) is 0 Å². The third-order valence-electron chi connectivity index (χ3n) is 4.63. The molecule has 0 atom stereocenters. The molecule has 3 aromatic rings. The summed E-state index contributed by atoms with van der Waals surface area (Å²) in [6, 6.07) is 16.1. The van der Waals surface area contributed by atoms with Gasteiger partial charge in [-0.3, -0.25) is 4.79 Å². The molecule has 1 aromatic heterocycles. The van der Waals surface area contributed by atoms with Gasteiger partial charge < -0.3 is 10.6 Å². The van der Waals surface area contributed by atoms with Crippen LogP contribution in [0.25, 0.3) is 11.4 Å². The van der Waals surface area contributed by atoms with Crippen LogP contribution in [0.15, 0.2) is 48.5 Å². The summed E-state index contributed by atoms with van der Waals surface area (Å²) < 4.78 is 1.88. The van der Waals surface area contributed by atoms with Crippen molar-refractivity contribution in [3.8, 4) is 11.4 Å². The lowest BCUT2D eigenvalue weighted by Crippen LogP contribution is -2.22. The Hall–Kier alpha value is -3.22. The monoisotopic (exact) mass is 362 g/mol. The predicted octanol–water partition coefficient (Wildman–Crippen LogP) is 3.29. The zero-order chi connectivity index (χ0) is 18.6. The maximum absolute atomic E-state index is 12.3. The van der Waals surface area contributed by atoms with E-state index in [2.05, 4.69) is 33.1 Å². The highest BCUT2D eigenvalue weighted by molar-refractivity contribution is 5.94. The van der Waals surface area contributed by atoms with Crippen LogP contribution in [0, 0.1) is 0 Å². The topological polar surface area (TPSA) is 84.7 Å². The molecule has 1 aliphatic rings. The minimum atomic E-state index is -0.0795. The molecule has 0 saturated heterocycles. The second-order valence-electron chi connectivity index (χ2n) is 6.67. The van der Waals surface area contributed by atoms with Gasteiger partial charge in [0.2, 0.25) is 5.91 Å². The van der Waals surface area contributed by atoms with E-state index in [9.17, 15) is 4.79 Å². The highest BCUT2D eigenvalue weighted by Crippen LogP contribution is 2.36. The van der Waals surface area contributed by atoms with Crippen molar-refractivity contribution in [2.45, 2.75) is 32.2 Å². The van der Waals surface area contributed by atoms with Gasteiger partial charge in [0.1, 0.15) is 0 Å². The van der Waals surface area contributed by atoms with E-state index in [1.165, 1.54) is 0 Å². The Balaban J connectivity index is 1.41. The van der Waals surface area contributed by atoms with Crippen LogP contribution in [-0.2, 0) is 11.2 Å². The Kier molecular flexibility index (Phi) is 4.82. The highest BCUT2D eigenvalue weighted by Gasteiger charge is 2.28. The fourth-order valence-corrected chi connectivity index (χ4v) is 3.04. The summed E-state index contributed by atoms with van der Waals surface area (Å²) in [6.45, 7) is 2.26. The van der Waals surface area contributed by atoms with Gasteiger partial charge in [0, 0.05) is 16.9 Å². The number of nitrogens with one attached hydrogen (secondary N) is 2. The van der Waals surface area contributed by atoms with Crippen molar-refractivity contribution in [1.29, 1.82) is 0 Å². The molecule has 1 heterocycles. The predicted molar refractivity (Wildman–Crippen MR) is 104 cm³/mol. The van der Waals surface area contributed by atoms with Crippen molar-refractivity contribution >= 4 is 17.3 Å². The summed E-state index contributed by atoms with van der Waals surface area (Å²) in [7, 11) is 0. The number of carbonyl (C=O) groups is 1. The number of aryl methyl sites for hydroxylation is 1. The number of anilines is 2. The molecule has 7 heteroatoms. The summed E-state index contributed by atoms with van der Waals surface area (Å²) in [5, 5.41) is 18.2. The van der Waals surface area contributed by atoms with Crippen LogP contribution in [-0.4, -0.2) is 32.7 Å². The van der Waals surface area contributed by atoms with E-state index < -0.39 is 0 Å². The fourth-order valence-electron chi connectivity index (χ4n) is 3.04. The first-order valence-corrected chi connectivity index (χ1v) is 9.24. The zero-order valence-corrected chi connectivity index (χ0v) is 15.2. The van der Waals surface area contributed by atoms with Gasteiger partial charge in [-0.2, -0.15) is 0 Å². The van der Waals surface area contributed by atoms with Gasteiger partial charge in [0.15, 0.2) is 5.82 Å². The van der Waals surface area contributed by atoms with Gasteiger partial charge in [-0.15, -0.1) is 5.10 Å². The number of aromatic nitrogens is 4. The number of tetrazole rings is 1. The molecule has 7 nitrogen and oxygen atoms in total. The second-order valence-corrected chi connectivity index (χ2v) is 6.67. The second kappa shape index (κ2) is 7.57. The number of rotatable bonds is 7. The minimum Gasteiger partial charge on any atom is -0.376 e. The van der Waals surface area contributed by atoms with Crippen molar-refractivity contribution in [3.05, 3.63) is 54.1 Å². The number of hydrogen-bond acceptors (Lipinski definition) is 5. The van der Waals surface area contributed by atoms with Crippen LogP contribution in [0.3, 0.4) is 0 Å². The van der Waals surface area contributed by atoms with Gasteiger partial charge >= 0.3 is 0 Å². The molecule has 1 amide bonds. The van der Waals surface area contributed by atoms with E-state index in [0.717, 1.165) is 47.6 Å². The normalized spacial score (nSPS) is 13.4. The van der Waals surface area contributed by atoms with E-state index in [-0.39, 0.29) is 12.5 Å². The van der Waals surface area contributed by atoms with E-state index in [0.29, 0.717) is 6.04 Å². The highest BCUT2D eigenvalue weighted by atomic mass is 16.1. The number of amides is 1. The lowest BCUT2D eigenvalue weighted by atomic mass is 10.1. The van der Waals surface area contributed by atoms with Crippen LogP contribution in [0.5, 0.6) is 0 Å². The summed E-state index contributed by atoms with van der Waals surface area (Å²) in [5.74, 6) is 0.687. The van der Waals surface area contributed by atoms with Gasteiger partial charge in [-0.25, -0.2) is 4.68 Å². The Morgan fingerprint density at radius 1 is 1.19 bits per heavy atom. The van der Waals surface area contributed by atoms with Crippen molar-refractivity contribution < 1.29 is 4.79 Å². The van der Waals surface area contributed by atoms with E-state index >= 15 is 0 Å². The zero-order valence-electron chi connectivity index (χ0n) is 15.2. The number of para-hydroxylation sites is 1. The molecule has 1 aliphatic carbocycles. The molecule has 0 radical (unpaired) electrons. The van der Waals surface area contributed by atoms with Gasteiger partial charge in [0.05, 0.1) is 12.6 Å². The van der Waals surface area contributed by atoms with E-state index in [1.807, 2.05) is 53.2 Å². The maximum atomic E-state index is 12.3. The molecule has 2 aromatic carbocycles. The maximum Gasteiger partial charge on any atom is 0.243 e. The molecule has 138 valence electrons. The molecule has 0 spiro atoms. The number of hydrogen-bond donors (Lipinski definition) is 2. The molecule has 4 rings (SSSR count). The summed E-state index contributed by atoms with van der Waals surface area (Å²) in [5.41, 5.74) is 3.79.